The third-order valence-corrected chi connectivity index (χ3v) is 3.75. The zero-order valence-corrected chi connectivity index (χ0v) is 11.2. The fourth-order valence-corrected chi connectivity index (χ4v) is 2.44. The maximum absolute atomic E-state index is 4.22. The molecule has 1 fully saturated rings. The molecule has 0 radical (unpaired) electrons. The first-order valence-electron chi connectivity index (χ1n) is 7.02. The Morgan fingerprint density at radius 1 is 1.10 bits per heavy atom. The van der Waals surface area contributed by atoms with Crippen molar-refractivity contribution < 1.29 is 0 Å². The summed E-state index contributed by atoms with van der Waals surface area (Å²) >= 11 is 0. The van der Waals surface area contributed by atoms with Gasteiger partial charge in [0.05, 0.1) is 17.6 Å². The van der Waals surface area contributed by atoms with Crippen molar-refractivity contribution in [3.8, 4) is 5.69 Å². The molecule has 4 heteroatoms. The van der Waals surface area contributed by atoms with Crippen LogP contribution in [0.3, 0.4) is 0 Å². The molecule has 0 bridgehead atoms. The Labute approximate surface area is 117 Å². The maximum atomic E-state index is 4.22. The third-order valence-electron chi connectivity index (χ3n) is 3.75. The van der Waals surface area contributed by atoms with Crippen LogP contribution in [0.1, 0.15) is 18.5 Å². The summed E-state index contributed by atoms with van der Waals surface area (Å²) in [6.07, 6.45) is 4.42. The fourth-order valence-electron chi connectivity index (χ4n) is 2.44. The molecule has 0 unspecified atom stereocenters. The molecule has 4 rings (SSSR count). The quantitative estimate of drug-likeness (QED) is 0.788. The van der Waals surface area contributed by atoms with Gasteiger partial charge in [-0.3, -0.25) is 0 Å². The zero-order chi connectivity index (χ0) is 13.4. The van der Waals surface area contributed by atoms with Gasteiger partial charge >= 0.3 is 0 Å². The highest BCUT2D eigenvalue weighted by atomic mass is 15.4. The van der Waals surface area contributed by atoms with Crippen LogP contribution in [0.4, 0.5) is 0 Å². The summed E-state index contributed by atoms with van der Waals surface area (Å²) in [5.41, 5.74) is 2.17. The van der Waals surface area contributed by atoms with Crippen LogP contribution < -0.4 is 5.32 Å². The predicted octanol–water partition coefficient (Wildman–Crippen LogP) is 2.67. The first-order valence-corrected chi connectivity index (χ1v) is 7.02. The van der Waals surface area contributed by atoms with Crippen LogP contribution in [0.15, 0.2) is 48.7 Å². The van der Waals surface area contributed by atoms with Gasteiger partial charge < -0.3 is 5.32 Å². The smallest absolute Gasteiger partial charge is 0.0783 e. The molecule has 1 aromatic heterocycles. The van der Waals surface area contributed by atoms with Gasteiger partial charge in [-0.2, -0.15) is 0 Å². The van der Waals surface area contributed by atoms with Gasteiger partial charge in [0.15, 0.2) is 0 Å². The SMILES string of the molecule is c1ccc2cc(-n3nncc3CNC3CC3)ccc2c1. The lowest BCUT2D eigenvalue weighted by molar-refractivity contribution is 0.647. The number of nitrogens with zero attached hydrogens (tertiary/aromatic N) is 3. The van der Waals surface area contributed by atoms with E-state index < -0.39 is 0 Å². The molecule has 1 aliphatic carbocycles. The average molecular weight is 264 g/mol. The molecular formula is C16H16N4. The van der Waals surface area contributed by atoms with Crippen LogP contribution in [0.5, 0.6) is 0 Å². The highest BCUT2D eigenvalue weighted by Crippen LogP contribution is 2.21. The van der Waals surface area contributed by atoms with Crippen LogP contribution >= 0.6 is 0 Å². The Bertz CT molecular complexity index is 743. The van der Waals surface area contributed by atoms with Gasteiger partial charge in [0.25, 0.3) is 0 Å². The van der Waals surface area contributed by atoms with E-state index in [1.165, 1.54) is 23.6 Å². The summed E-state index contributed by atoms with van der Waals surface area (Å²) in [6.45, 7) is 0.824. The summed E-state index contributed by atoms with van der Waals surface area (Å²) in [4.78, 5) is 0. The summed E-state index contributed by atoms with van der Waals surface area (Å²) in [5.74, 6) is 0. The summed E-state index contributed by atoms with van der Waals surface area (Å²) < 4.78 is 1.92. The molecule has 0 aliphatic heterocycles. The second-order valence-electron chi connectivity index (χ2n) is 5.32. The summed E-state index contributed by atoms with van der Waals surface area (Å²) in [6, 6.07) is 15.4. The van der Waals surface area contributed by atoms with E-state index in [0.29, 0.717) is 6.04 Å². The Kier molecular flexibility index (Phi) is 2.74. The monoisotopic (exact) mass is 264 g/mol. The van der Waals surface area contributed by atoms with E-state index in [4.69, 9.17) is 0 Å². The molecule has 4 nitrogen and oxygen atoms in total. The van der Waals surface area contributed by atoms with Gasteiger partial charge in [-0.05, 0) is 35.7 Å². The molecule has 3 aromatic rings. The van der Waals surface area contributed by atoms with Gasteiger partial charge in [0.1, 0.15) is 0 Å². The molecule has 0 amide bonds. The largest absolute Gasteiger partial charge is 0.308 e. The van der Waals surface area contributed by atoms with E-state index in [0.717, 1.165) is 17.9 Å². The third kappa shape index (κ3) is 2.18. The number of nitrogens with one attached hydrogen (secondary N) is 1. The van der Waals surface area contributed by atoms with E-state index in [1.807, 2.05) is 10.9 Å². The standard InChI is InChI=1S/C16H16N4/c1-2-4-13-9-15(8-5-12(13)3-1)20-16(11-18-19-20)10-17-14-6-7-14/h1-5,8-9,11,14,17H,6-7,10H2. The van der Waals surface area contributed by atoms with Gasteiger partial charge in [0.2, 0.25) is 0 Å². The normalized spacial score (nSPS) is 14.8. The molecule has 1 saturated carbocycles. The average Bonchev–Trinajstić information content (AvgIpc) is 3.21. The van der Waals surface area contributed by atoms with E-state index >= 15 is 0 Å². The molecule has 20 heavy (non-hydrogen) atoms. The molecule has 2 aromatic carbocycles. The first kappa shape index (κ1) is 11.6. The number of hydrogen-bond acceptors (Lipinski definition) is 3. The van der Waals surface area contributed by atoms with Crippen molar-refractivity contribution in [1.29, 1.82) is 0 Å². The minimum absolute atomic E-state index is 0.690. The highest BCUT2D eigenvalue weighted by molar-refractivity contribution is 5.84. The van der Waals surface area contributed by atoms with Crippen molar-refractivity contribution in [2.45, 2.75) is 25.4 Å². The predicted molar refractivity (Wildman–Crippen MR) is 78.7 cm³/mol. The molecule has 100 valence electrons. The lowest BCUT2D eigenvalue weighted by Gasteiger charge is -2.08. The van der Waals surface area contributed by atoms with Crippen LogP contribution in [0.2, 0.25) is 0 Å². The van der Waals surface area contributed by atoms with Gasteiger partial charge in [-0.1, -0.05) is 35.5 Å². The molecule has 0 saturated heterocycles. The van der Waals surface area contributed by atoms with Crippen molar-refractivity contribution >= 4 is 10.8 Å². The number of rotatable bonds is 4. The fraction of sp³-hybridized carbons (Fsp3) is 0.250. The molecule has 1 N–H and O–H groups in total. The van der Waals surface area contributed by atoms with Crippen molar-refractivity contribution in [1.82, 2.24) is 20.3 Å². The van der Waals surface area contributed by atoms with Crippen molar-refractivity contribution in [3.63, 3.8) is 0 Å². The lowest BCUT2D eigenvalue weighted by atomic mass is 10.1. The number of hydrogen-bond donors (Lipinski definition) is 1. The molecule has 1 heterocycles. The summed E-state index contributed by atoms with van der Waals surface area (Å²) in [5, 5.41) is 14.2. The zero-order valence-electron chi connectivity index (χ0n) is 11.2. The molecule has 1 aliphatic rings. The minimum atomic E-state index is 0.690. The number of benzene rings is 2. The van der Waals surface area contributed by atoms with Crippen molar-refractivity contribution in [2.24, 2.45) is 0 Å². The molecular weight excluding hydrogens is 248 g/mol. The Morgan fingerprint density at radius 3 is 2.80 bits per heavy atom. The van der Waals surface area contributed by atoms with Crippen LogP contribution in [-0.4, -0.2) is 21.0 Å². The van der Waals surface area contributed by atoms with Gasteiger partial charge in [-0.15, -0.1) is 5.10 Å². The Hall–Kier alpha value is -2.20. The second-order valence-corrected chi connectivity index (χ2v) is 5.32. The van der Waals surface area contributed by atoms with E-state index in [9.17, 15) is 0 Å². The number of fused-ring (bicyclic) bond motifs is 1. The lowest BCUT2D eigenvalue weighted by Crippen LogP contribution is -2.18. The van der Waals surface area contributed by atoms with Crippen LogP contribution in [0, 0.1) is 0 Å². The van der Waals surface area contributed by atoms with E-state index in [-0.39, 0.29) is 0 Å². The second kappa shape index (κ2) is 4.72. The van der Waals surface area contributed by atoms with Gasteiger partial charge in [-0.25, -0.2) is 4.68 Å². The maximum Gasteiger partial charge on any atom is 0.0783 e. The van der Waals surface area contributed by atoms with Crippen molar-refractivity contribution in [3.05, 3.63) is 54.4 Å². The van der Waals surface area contributed by atoms with E-state index in [2.05, 4.69) is 58.1 Å². The summed E-state index contributed by atoms with van der Waals surface area (Å²) in [7, 11) is 0. The Balaban J connectivity index is 1.69. The Morgan fingerprint density at radius 2 is 1.95 bits per heavy atom. The van der Waals surface area contributed by atoms with Crippen LogP contribution in [-0.2, 0) is 6.54 Å². The molecule has 0 atom stereocenters. The first-order chi connectivity index (χ1) is 9.90. The number of aromatic nitrogens is 3. The highest BCUT2D eigenvalue weighted by Gasteiger charge is 2.20. The van der Waals surface area contributed by atoms with E-state index in [1.54, 1.807) is 0 Å². The molecule has 0 spiro atoms. The minimum Gasteiger partial charge on any atom is -0.308 e. The van der Waals surface area contributed by atoms with Crippen LogP contribution in [0.25, 0.3) is 16.5 Å². The topological polar surface area (TPSA) is 42.7 Å². The van der Waals surface area contributed by atoms with Crippen molar-refractivity contribution in [2.75, 3.05) is 0 Å². The van der Waals surface area contributed by atoms with Gasteiger partial charge in [0, 0.05) is 12.6 Å².